The topological polar surface area (TPSA) is 44.9 Å². The van der Waals surface area contributed by atoms with Crippen LogP contribution in [0, 0.1) is 11.7 Å². The summed E-state index contributed by atoms with van der Waals surface area (Å²) in [7, 11) is 0. The van der Waals surface area contributed by atoms with Gasteiger partial charge in [-0.2, -0.15) is 0 Å². The molecular weight excluding hydrogens is 383 g/mol. The van der Waals surface area contributed by atoms with Gasteiger partial charge in [0.25, 0.3) is 5.91 Å². The van der Waals surface area contributed by atoms with Gasteiger partial charge in [0, 0.05) is 26.6 Å². The molecule has 0 saturated heterocycles. The van der Waals surface area contributed by atoms with Crippen LogP contribution in [0.5, 0.6) is 0 Å². The Hall–Kier alpha value is -2.14. The second-order valence-electron chi connectivity index (χ2n) is 6.77. The van der Waals surface area contributed by atoms with Crippen LogP contribution in [0.2, 0.25) is 0 Å². The Balaban J connectivity index is 1.67. The fourth-order valence-corrected chi connectivity index (χ4v) is 3.85. The minimum absolute atomic E-state index is 0.179. The number of aryl methyl sites for hydroxylation is 1. The number of hydrogen-bond donors (Lipinski definition) is 2. The van der Waals surface area contributed by atoms with Crippen molar-refractivity contribution in [2.24, 2.45) is 5.92 Å². The highest BCUT2D eigenvalue weighted by molar-refractivity contribution is 9.10. The normalized spacial score (nSPS) is 16.7. The van der Waals surface area contributed by atoms with E-state index >= 15 is 0 Å². The number of rotatable bonds is 2. The van der Waals surface area contributed by atoms with Crippen LogP contribution in [0.25, 0.3) is 10.9 Å². The summed E-state index contributed by atoms with van der Waals surface area (Å²) in [6.07, 6.45) is 3.27. The van der Waals surface area contributed by atoms with Crippen molar-refractivity contribution in [3.05, 3.63) is 63.5 Å². The number of hydrogen-bond acceptors (Lipinski definition) is 1. The van der Waals surface area contributed by atoms with Crippen LogP contribution in [0.4, 0.5) is 10.1 Å². The molecule has 1 amide bonds. The van der Waals surface area contributed by atoms with Gasteiger partial charge in [-0.15, -0.1) is 0 Å². The monoisotopic (exact) mass is 400 g/mol. The van der Waals surface area contributed by atoms with Gasteiger partial charge in [-0.05, 0) is 67.1 Å². The molecule has 1 aromatic heterocycles. The highest BCUT2D eigenvalue weighted by atomic mass is 79.9. The fraction of sp³-hybridized carbons (Fsp3) is 0.250. The van der Waals surface area contributed by atoms with Gasteiger partial charge in [0.1, 0.15) is 5.82 Å². The van der Waals surface area contributed by atoms with Crippen LogP contribution >= 0.6 is 15.9 Å². The van der Waals surface area contributed by atoms with Crippen molar-refractivity contribution >= 4 is 38.4 Å². The molecular formula is C20H18BrFN2O. The molecule has 2 N–H and O–H groups in total. The molecule has 0 saturated carbocycles. The summed E-state index contributed by atoms with van der Waals surface area (Å²) in [5.41, 5.74) is 4.38. The number of anilines is 1. The Bertz CT molecular complexity index is 979. The van der Waals surface area contributed by atoms with Gasteiger partial charge in [0.2, 0.25) is 0 Å². The van der Waals surface area contributed by atoms with E-state index in [-0.39, 0.29) is 11.6 Å². The van der Waals surface area contributed by atoms with Crippen molar-refractivity contribution in [2.45, 2.75) is 26.2 Å². The summed E-state index contributed by atoms with van der Waals surface area (Å²) >= 11 is 3.21. The third kappa shape index (κ3) is 3.09. The number of nitrogens with one attached hydrogen (secondary N) is 2. The summed E-state index contributed by atoms with van der Waals surface area (Å²) in [6.45, 7) is 2.26. The second-order valence-corrected chi connectivity index (χ2v) is 7.68. The molecule has 0 radical (unpaired) electrons. The number of carbonyl (C=O) groups excluding carboxylic acids is 1. The molecule has 128 valence electrons. The molecule has 4 rings (SSSR count). The summed E-state index contributed by atoms with van der Waals surface area (Å²) < 4.78 is 14.6. The largest absolute Gasteiger partial charge is 0.358 e. The van der Waals surface area contributed by atoms with Gasteiger partial charge in [0.15, 0.2) is 0 Å². The molecule has 1 aliphatic rings. The molecule has 5 heteroatoms. The van der Waals surface area contributed by atoms with E-state index in [0.717, 1.165) is 23.7 Å². The lowest BCUT2D eigenvalue weighted by Gasteiger charge is -2.18. The Morgan fingerprint density at radius 2 is 2.12 bits per heavy atom. The molecule has 1 heterocycles. The van der Waals surface area contributed by atoms with Crippen molar-refractivity contribution in [3.63, 3.8) is 0 Å². The SMILES string of the molecule is CC1CCc2[nH]c3ccc(C(=O)Nc4ccc(Br)cc4F)cc3c2C1. The predicted octanol–water partition coefficient (Wildman–Crippen LogP) is 5.45. The zero-order valence-corrected chi connectivity index (χ0v) is 15.4. The quantitative estimate of drug-likeness (QED) is 0.590. The minimum Gasteiger partial charge on any atom is -0.358 e. The number of amides is 1. The number of benzene rings is 2. The molecule has 0 fully saturated rings. The van der Waals surface area contributed by atoms with Gasteiger partial charge >= 0.3 is 0 Å². The first-order chi connectivity index (χ1) is 12.0. The smallest absolute Gasteiger partial charge is 0.255 e. The standard InChI is InChI=1S/C20H18BrFN2O/c1-11-2-5-17-14(8-11)15-9-12(3-6-18(15)23-17)20(25)24-19-7-4-13(21)10-16(19)22/h3-4,6-7,9-11,23H,2,5,8H2,1H3,(H,24,25). The lowest BCUT2D eigenvalue weighted by molar-refractivity contribution is 0.102. The maximum atomic E-state index is 13.9. The van der Waals surface area contributed by atoms with Crippen molar-refractivity contribution in [1.82, 2.24) is 4.98 Å². The highest BCUT2D eigenvalue weighted by Crippen LogP contribution is 2.32. The zero-order valence-electron chi connectivity index (χ0n) is 13.8. The van der Waals surface area contributed by atoms with Crippen LogP contribution in [0.1, 0.15) is 35.0 Å². The summed E-state index contributed by atoms with van der Waals surface area (Å²) in [6, 6.07) is 10.2. The molecule has 0 spiro atoms. The van der Waals surface area contributed by atoms with Gasteiger partial charge in [0.05, 0.1) is 5.69 Å². The van der Waals surface area contributed by atoms with Crippen LogP contribution < -0.4 is 5.32 Å². The maximum absolute atomic E-state index is 13.9. The molecule has 1 aliphatic carbocycles. The van der Waals surface area contributed by atoms with Crippen LogP contribution in [0.15, 0.2) is 40.9 Å². The summed E-state index contributed by atoms with van der Waals surface area (Å²) in [4.78, 5) is 16.0. The van der Waals surface area contributed by atoms with Crippen molar-refractivity contribution in [3.8, 4) is 0 Å². The number of fused-ring (bicyclic) bond motifs is 3. The Morgan fingerprint density at radius 3 is 2.92 bits per heavy atom. The highest BCUT2D eigenvalue weighted by Gasteiger charge is 2.20. The minimum atomic E-state index is -0.461. The Kier molecular flexibility index (Phi) is 4.12. The summed E-state index contributed by atoms with van der Waals surface area (Å²) in [5, 5.41) is 3.76. The molecule has 2 aromatic carbocycles. The van der Waals surface area contributed by atoms with E-state index in [2.05, 4.69) is 33.2 Å². The third-order valence-corrected chi connectivity index (χ3v) is 5.37. The van der Waals surface area contributed by atoms with Crippen LogP contribution in [0.3, 0.4) is 0 Å². The summed E-state index contributed by atoms with van der Waals surface area (Å²) in [5.74, 6) is -0.112. The van der Waals surface area contributed by atoms with E-state index in [1.54, 1.807) is 18.2 Å². The zero-order chi connectivity index (χ0) is 17.6. The van der Waals surface area contributed by atoms with E-state index in [1.807, 2.05) is 12.1 Å². The van der Waals surface area contributed by atoms with Crippen LogP contribution in [-0.4, -0.2) is 10.9 Å². The van der Waals surface area contributed by atoms with E-state index < -0.39 is 5.82 Å². The molecule has 3 nitrogen and oxygen atoms in total. The molecule has 1 unspecified atom stereocenters. The molecule has 3 aromatic rings. The van der Waals surface area contributed by atoms with E-state index in [1.165, 1.54) is 23.7 Å². The molecule has 0 aliphatic heterocycles. The van der Waals surface area contributed by atoms with Gasteiger partial charge in [-0.25, -0.2) is 4.39 Å². The maximum Gasteiger partial charge on any atom is 0.255 e. The first-order valence-electron chi connectivity index (χ1n) is 8.41. The van der Waals surface area contributed by atoms with Crippen molar-refractivity contribution in [1.29, 1.82) is 0 Å². The third-order valence-electron chi connectivity index (χ3n) is 4.88. The van der Waals surface area contributed by atoms with E-state index in [0.29, 0.717) is 16.0 Å². The number of halogens is 2. The average Bonchev–Trinajstić information content (AvgIpc) is 2.94. The first-order valence-corrected chi connectivity index (χ1v) is 9.20. The van der Waals surface area contributed by atoms with E-state index in [9.17, 15) is 9.18 Å². The Labute approximate surface area is 153 Å². The number of aromatic nitrogens is 1. The van der Waals surface area contributed by atoms with Gasteiger partial charge in [-0.3, -0.25) is 4.79 Å². The number of H-pyrrole nitrogens is 1. The molecule has 25 heavy (non-hydrogen) atoms. The second kappa shape index (κ2) is 6.30. The van der Waals surface area contributed by atoms with E-state index in [4.69, 9.17) is 0 Å². The number of carbonyl (C=O) groups is 1. The van der Waals surface area contributed by atoms with Crippen molar-refractivity contribution in [2.75, 3.05) is 5.32 Å². The van der Waals surface area contributed by atoms with Gasteiger partial charge < -0.3 is 10.3 Å². The molecule has 1 atom stereocenters. The van der Waals surface area contributed by atoms with Crippen LogP contribution in [-0.2, 0) is 12.8 Å². The average molecular weight is 401 g/mol. The fourth-order valence-electron chi connectivity index (χ4n) is 3.52. The predicted molar refractivity (Wildman–Crippen MR) is 102 cm³/mol. The Morgan fingerprint density at radius 1 is 1.28 bits per heavy atom. The van der Waals surface area contributed by atoms with Crippen molar-refractivity contribution < 1.29 is 9.18 Å². The first kappa shape index (κ1) is 16.3. The lowest BCUT2D eigenvalue weighted by Crippen LogP contribution is -2.13. The lowest BCUT2D eigenvalue weighted by atomic mass is 9.87. The molecule has 0 bridgehead atoms. The number of aromatic amines is 1. The van der Waals surface area contributed by atoms with Gasteiger partial charge in [-0.1, -0.05) is 22.9 Å².